The number of ether oxygens (including phenoxy) is 3. The van der Waals surface area contributed by atoms with Crippen LogP contribution in [0.2, 0.25) is 0 Å². The number of carbonyl (C=O) groups excluding carboxylic acids is 3. The van der Waals surface area contributed by atoms with Crippen molar-refractivity contribution in [1.29, 1.82) is 0 Å². The van der Waals surface area contributed by atoms with Gasteiger partial charge < -0.3 is 34.2 Å². The number of hydrogen-bond donors (Lipinski definition) is 4. The van der Waals surface area contributed by atoms with E-state index in [1.807, 2.05) is 0 Å². The lowest BCUT2D eigenvalue weighted by molar-refractivity contribution is -0.161. The zero-order valence-electron chi connectivity index (χ0n) is 58.8. The van der Waals surface area contributed by atoms with Gasteiger partial charge in [-0.2, -0.15) is 0 Å². The molecule has 0 saturated heterocycles. The van der Waals surface area contributed by atoms with E-state index in [1.54, 1.807) is 0 Å². The molecule has 0 aromatic carbocycles. The van der Waals surface area contributed by atoms with Crippen molar-refractivity contribution in [2.24, 2.45) is 0 Å². The predicted octanol–water partition coefficient (Wildman–Crippen LogP) is 20.5. The van der Waals surface area contributed by atoms with Gasteiger partial charge in [0.2, 0.25) is 0 Å². The number of rotatable bonds is 67. The predicted molar refractivity (Wildman–Crippen MR) is 389 cm³/mol. The molecule has 16 nitrogen and oxygen atoms in total. The summed E-state index contributed by atoms with van der Waals surface area (Å²) in [4.78, 5) is 58.5. The molecule has 0 rings (SSSR count). The summed E-state index contributed by atoms with van der Waals surface area (Å²) in [5.74, 6) is -1.63. The summed E-state index contributed by atoms with van der Waals surface area (Å²) in [7, 11) is -9.80. The first-order valence-corrected chi connectivity index (χ1v) is 39.1. The highest BCUT2D eigenvalue weighted by Crippen LogP contribution is 2.45. The third-order valence-corrected chi connectivity index (χ3v) is 16.4. The second kappa shape index (κ2) is 69.3. The van der Waals surface area contributed by atoms with Crippen molar-refractivity contribution in [2.45, 2.75) is 283 Å². The van der Waals surface area contributed by atoms with Crippen LogP contribution < -0.4 is 0 Å². The molecule has 0 aromatic rings. The molecule has 4 N–H and O–H groups in total. The average Bonchev–Trinajstić information content (AvgIpc) is 1.81. The van der Waals surface area contributed by atoms with Crippen molar-refractivity contribution in [3.63, 3.8) is 0 Å². The summed E-state index contributed by atoms with van der Waals surface area (Å²) in [6.07, 6.45) is 83.2. The van der Waals surface area contributed by atoms with E-state index in [0.29, 0.717) is 19.3 Å². The Bertz CT molecular complexity index is 2310. The van der Waals surface area contributed by atoms with Crippen LogP contribution in [0.3, 0.4) is 0 Å². The fourth-order valence-electron chi connectivity index (χ4n) is 9.07. The van der Waals surface area contributed by atoms with Gasteiger partial charge in [-0.05, 0) is 135 Å². The summed E-state index contributed by atoms with van der Waals surface area (Å²) in [5, 5.41) is 20.6. The Morgan fingerprint density at radius 1 is 0.305 bits per heavy atom. The van der Waals surface area contributed by atoms with Gasteiger partial charge in [0.05, 0.1) is 26.4 Å². The first kappa shape index (κ1) is 90.4. The number of unbranched alkanes of at least 4 members (excludes halogenated alkanes) is 20. The molecule has 5 unspecified atom stereocenters. The SMILES string of the molecule is CC/C=C\C/C=C\C/C=C\C/C=C\C/C=C\CCCCCCCCCCCC(=O)OCC(O)COP(=O)(O)OCC(O)COP(=O)(O)OCC(COC(=O)CCCCCCC/C=C\C/C=C\C/C=C\C/C=C\C/C=C\CC)OC(=O)CCCCCCC/C=C\C/C=C\CCC. The Labute approximate surface area is 575 Å². The monoisotopic (exact) mass is 1370 g/mol. The largest absolute Gasteiger partial charge is 0.472 e. The molecule has 0 radical (unpaired) electrons. The molecule has 0 heterocycles. The smallest absolute Gasteiger partial charge is 0.463 e. The van der Waals surface area contributed by atoms with Gasteiger partial charge in [-0.1, -0.05) is 256 Å². The first-order valence-electron chi connectivity index (χ1n) is 36.1. The van der Waals surface area contributed by atoms with Crippen LogP contribution in [0.25, 0.3) is 0 Å². The van der Waals surface area contributed by atoms with Gasteiger partial charge in [0, 0.05) is 19.3 Å². The minimum Gasteiger partial charge on any atom is -0.463 e. The number of phosphoric acid groups is 2. The number of phosphoric ester groups is 2. The highest BCUT2D eigenvalue weighted by molar-refractivity contribution is 7.47. The van der Waals surface area contributed by atoms with E-state index in [4.69, 9.17) is 32.3 Å². The van der Waals surface area contributed by atoms with E-state index in [2.05, 4.69) is 167 Å². The molecule has 0 aliphatic heterocycles. The number of allylic oxidation sites excluding steroid dienone is 24. The first-order chi connectivity index (χ1) is 46.2. The van der Waals surface area contributed by atoms with E-state index in [9.17, 15) is 43.5 Å². The highest BCUT2D eigenvalue weighted by Gasteiger charge is 2.29. The third-order valence-electron chi connectivity index (χ3n) is 14.5. The van der Waals surface area contributed by atoms with Gasteiger partial charge in [-0.3, -0.25) is 32.5 Å². The molecule has 542 valence electrons. The van der Waals surface area contributed by atoms with E-state index in [1.165, 1.54) is 25.7 Å². The van der Waals surface area contributed by atoms with E-state index in [-0.39, 0.29) is 19.3 Å². The molecule has 0 fully saturated rings. The number of hydrogen-bond acceptors (Lipinski definition) is 14. The van der Waals surface area contributed by atoms with Gasteiger partial charge in [0.25, 0.3) is 0 Å². The number of carbonyl (C=O) groups is 3. The molecule has 0 aliphatic carbocycles. The summed E-state index contributed by atoms with van der Waals surface area (Å²) < 4.78 is 60.9. The molecule has 0 aromatic heterocycles. The summed E-state index contributed by atoms with van der Waals surface area (Å²) >= 11 is 0. The standard InChI is InChI=1S/C77H128O16P2/c1-4-7-10-13-16-19-22-25-27-29-31-33-34-35-36-38-40-41-43-46-48-51-54-57-60-63-75(80)87-66-72(78)67-89-94(83,84)90-68-73(79)69-91-95(85,86)92-71-74(93-77(82)65-62-59-56-53-50-45-24-21-18-15-12-9-6-3)70-88-76(81)64-61-58-55-52-49-47-44-42-39-37-32-30-28-26-23-20-17-14-11-8-5-2/h7-8,10-12,15-17,19-21,24-28,31-33,35-37,42,44,72-74,78-79H,4-6,9,13-14,18,22-23,29-30,34,38-41,43,45-71H2,1-3H3,(H,83,84)(H,85,86)/b10-7-,11-8-,15-12-,19-16-,20-17-,24-21-,27-25-,28-26-,33-31-,36-35-,37-32-,44-42-. The van der Waals surface area contributed by atoms with Crippen molar-refractivity contribution in [2.75, 3.05) is 39.6 Å². The molecule has 5 atom stereocenters. The van der Waals surface area contributed by atoms with Crippen molar-refractivity contribution in [3.8, 4) is 0 Å². The van der Waals surface area contributed by atoms with Crippen LogP contribution in [0.4, 0.5) is 0 Å². The van der Waals surface area contributed by atoms with E-state index < -0.39 is 91.5 Å². The fraction of sp³-hybridized carbons (Fsp3) is 0.649. The van der Waals surface area contributed by atoms with Crippen molar-refractivity contribution >= 4 is 33.6 Å². The minimum absolute atomic E-state index is 0.0792. The van der Waals surface area contributed by atoms with Gasteiger partial charge in [0.1, 0.15) is 25.4 Å². The lowest BCUT2D eigenvalue weighted by Gasteiger charge is -2.21. The van der Waals surface area contributed by atoms with Crippen molar-refractivity contribution in [1.82, 2.24) is 0 Å². The van der Waals surface area contributed by atoms with Crippen molar-refractivity contribution in [3.05, 3.63) is 146 Å². The molecular weight excluding hydrogens is 1240 g/mol. The lowest BCUT2D eigenvalue weighted by atomic mass is 10.1. The Morgan fingerprint density at radius 3 is 0.884 bits per heavy atom. The molecule has 0 spiro atoms. The van der Waals surface area contributed by atoms with Gasteiger partial charge >= 0.3 is 33.6 Å². The number of aliphatic hydroxyl groups is 2. The summed E-state index contributed by atoms with van der Waals surface area (Å²) in [5.41, 5.74) is 0. The van der Waals surface area contributed by atoms with E-state index >= 15 is 0 Å². The Morgan fingerprint density at radius 2 is 0.558 bits per heavy atom. The molecule has 18 heteroatoms. The van der Waals surface area contributed by atoms with Gasteiger partial charge in [-0.15, -0.1) is 0 Å². The second-order valence-electron chi connectivity index (χ2n) is 23.6. The van der Waals surface area contributed by atoms with Crippen LogP contribution in [0.5, 0.6) is 0 Å². The Balaban J connectivity index is 4.60. The molecule has 0 aliphatic rings. The van der Waals surface area contributed by atoms with Crippen LogP contribution in [0.1, 0.15) is 265 Å². The topological polar surface area (TPSA) is 231 Å². The minimum atomic E-state index is -4.94. The molecule has 0 bridgehead atoms. The average molecular weight is 1370 g/mol. The van der Waals surface area contributed by atoms with Crippen LogP contribution >= 0.6 is 15.6 Å². The van der Waals surface area contributed by atoms with Gasteiger partial charge in [0.15, 0.2) is 6.10 Å². The third kappa shape index (κ3) is 70.6. The quantitative estimate of drug-likeness (QED) is 0.0146. The maximum Gasteiger partial charge on any atom is 0.472 e. The van der Waals surface area contributed by atoms with Crippen LogP contribution in [0.15, 0.2) is 146 Å². The van der Waals surface area contributed by atoms with Crippen LogP contribution in [-0.4, -0.2) is 95.9 Å². The van der Waals surface area contributed by atoms with Gasteiger partial charge in [-0.25, -0.2) is 9.13 Å². The normalized spacial score (nSPS) is 15.0. The maximum absolute atomic E-state index is 12.9. The fourth-order valence-corrected chi connectivity index (χ4v) is 10.7. The van der Waals surface area contributed by atoms with E-state index in [0.717, 1.165) is 180 Å². The Hall–Kier alpha value is -4.57. The Kier molecular flexibility index (Phi) is 66.0. The molecule has 0 amide bonds. The van der Waals surface area contributed by atoms with Crippen LogP contribution in [0, 0.1) is 0 Å². The zero-order chi connectivity index (χ0) is 69.5. The lowest BCUT2D eigenvalue weighted by Crippen LogP contribution is -2.30. The molecule has 95 heavy (non-hydrogen) atoms. The number of aliphatic hydroxyl groups excluding tert-OH is 2. The summed E-state index contributed by atoms with van der Waals surface area (Å²) in [6.45, 7) is 2.32. The number of esters is 3. The maximum atomic E-state index is 12.9. The van der Waals surface area contributed by atoms with Crippen molar-refractivity contribution < 1.29 is 75.8 Å². The molecular formula is C77H128O16P2. The summed E-state index contributed by atoms with van der Waals surface area (Å²) in [6, 6.07) is 0. The second-order valence-corrected chi connectivity index (χ2v) is 26.5. The zero-order valence-corrected chi connectivity index (χ0v) is 60.6. The highest BCUT2D eigenvalue weighted by atomic mass is 31.2. The van der Waals surface area contributed by atoms with Crippen LogP contribution in [-0.2, 0) is 55.8 Å². The molecule has 0 saturated carbocycles.